The predicted molar refractivity (Wildman–Crippen MR) is 82.9 cm³/mol. The molecule has 108 valence electrons. The molecule has 0 saturated carbocycles. The van der Waals surface area contributed by atoms with E-state index in [1.54, 1.807) is 7.11 Å². The minimum absolute atomic E-state index is 0.660. The van der Waals surface area contributed by atoms with Crippen molar-refractivity contribution in [3.63, 3.8) is 0 Å². The normalized spacial score (nSPS) is 14.1. The summed E-state index contributed by atoms with van der Waals surface area (Å²) in [6.45, 7) is 7.94. The van der Waals surface area contributed by atoms with Gasteiger partial charge in [0.25, 0.3) is 0 Å². The average Bonchev–Trinajstić information content (AvgIpc) is 2.46. The van der Waals surface area contributed by atoms with E-state index in [9.17, 15) is 0 Å². The maximum Gasteiger partial charge on any atom is 0.118 e. The number of hydrogen-bond acceptors (Lipinski definition) is 2. The number of ether oxygens (including phenoxy) is 1. The van der Waals surface area contributed by atoms with Crippen molar-refractivity contribution in [1.29, 1.82) is 0 Å². The van der Waals surface area contributed by atoms with Crippen LogP contribution in [0.4, 0.5) is 0 Å². The van der Waals surface area contributed by atoms with Gasteiger partial charge in [-0.15, -0.1) is 0 Å². The van der Waals surface area contributed by atoms with Gasteiger partial charge in [0.15, 0.2) is 0 Å². The molecule has 2 heteroatoms. The number of benzene rings is 1. The van der Waals surface area contributed by atoms with E-state index < -0.39 is 0 Å². The Kier molecular flexibility index (Phi) is 7.57. The minimum Gasteiger partial charge on any atom is -0.497 e. The molecule has 0 saturated heterocycles. The first-order valence-corrected chi connectivity index (χ1v) is 7.55. The van der Waals surface area contributed by atoms with Crippen LogP contribution in [0.15, 0.2) is 24.3 Å². The van der Waals surface area contributed by atoms with E-state index in [1.807, 2.05) is 12.1 Å². The van der Waals surface area contributed by atoms with Gasteiger partial charge in [0.2, 0.25) is 0 Å². The quantitative estimate of drug-likeness (QED) is 0.726. The summed E-state index contributed by atoms with van der Waals surface area (Å²) in [5, 5.41) is 3.68. The molecule has 0 fully saturated rings. The van der Waals surface area contributed by atoms with Crippen LogP contribution in [0.3, 0.4) is 0 Å². The molecule has 0 radical (unpaired) electrons. The zero-order chi connectivity index (χ0) is 14.1. The lowest BCUT2D eigenvalue weighted by Gasteiger charge is -2.20. The molecule has 0 aromatic heterocycles. The van der Waals surface area contributed by atoms with Crippen LogP contribution >= 0.6 is 0 Å². The number of rotatable bonds is 9. The second-order valence-electron chi connectivity index (χ2n) is 5.41. The standard InChI is InChI=1S/C17H29NO/c1-5-14(3)13-16(6-2)18-12-11-15-7-9-17(19-4)10-8-15/h7-10,14,16,18H,5-6,11-13H2,1-4H3. The van der Waals surface area contributed by atoms with Crippen LogP contribution in [0, 0.1) is 5.92 Å². The molecule has 2 nitrogen and oxygen atoms in total. The molecule has 0 aliphatic heterocycles. The highest BCUT2D eigenvalue weighted by atomic mass is 16.5. The van der Waals surface area contributed by atoms with Gasteiger partial charge >= 0.3 is 0 Å². The maximum atomic E-state index is 5.17. The summed E-state index contributed by atoms with van der Waals surface area (Å²) in [5.74, 6) is 1.75. The first kappa shape index (κ1) is 16.0. The van der Waals surface area contributed by atoms with Crippen molar-refractivity contribution in [2.75, 3.05) is 13.7 Å². The summed E-state index contributed by atoms with van der Waals surface area (Å²) < 4.78 is 5.17. The summed E-state index contributed by atoms with van der Waals surface area (Å²) in [5.41, 5.74) is 1.37. The first-order chi connectivity index (χ1) is 9.19. The Morgan fingerprint density at radius 1 is 1.11 bits per heavy atom. The third-order valence-electron chi connectivity index (χ3n) is 3.88. The van der Waals surface area contributed by atoms with Gasteiger partial charge in [0.05, 0.1) is 7.11 Å². The van der Waals surface area contributed by atoms with Gasteiger partial charge < -0.3 is 10.1 Å². The van der Waals surface area contributed by atoms with E-state index in [4.69, 9.17) is 4.74 Å². The third kappa shape index (κ3) is 6.11. The molecule has 1 N–H and O–H groups in total. The summed E-state index contributed by atoms with van der Waals surface area (Å²) in [6, 6.07) is 9.03. The van der Waals surface area contributed by atoms with Crippen molar-refractivity contribution in [2.45, 2.75) is 52.5 Å². The highest BCUT2D eigenvalue weighted by Gasteiger charge is 2.09. The molecule has 0 bridgehead atoms. The molecular formula is C17H29NO. The molecule has 0 spiro atoms. The van der Waals surface area contributed by atoms with Crippen LogP contribution in [-0.4, -0.2) is 19.7 Å². The van der Waals surface area contributed by atoms with Crippen LogP contribution in [-0.2, 0) is 6.42 Å². The molecule has 19 heavy (non-hydrogen) atoms. The largest absolute Gasteiger partial charge is 0.497 e. The molecule has 1 rings (SSSR count). The fraction of sp³-hybridized carbons (Fsp3) is 0.647. The van der Waals surface area contributed by atoms with Gasteiger partial charge in [-0.05, 0) is 49.4 Å². The zero-order valence-electron chi connectivity index (χ0n) is 12.9. The topological polar surface area (TPSA) is 21.3 Å². The average molecular weight is 263 g/mol. The SMILES string of the molecule is CCC(C)CC(CC)NCCc1ccc(OC)cc1. The van der Waals surface area contributed by atoms with Gasteiger partial charge in [0.1, 0.15) is 5.75 Å². The summed E-state index contributed by atoms with van der Waals surface area (Å²) in [4.78, 5) is 0. The Morgan fingerprint density at radius 3 is 2.32 bits per heavy atom. The monoisotopic (exact) mass is 263 g/mol. The fourth-order valence-electron chi connectivity index (χ4n) is 2.26. The van der Waals surface area contributed by atoms with E-state index in [2.05, 4.69) is 38.2 Å². The number of methoxy groups -OCH3 is 1. The van der Waals surface area contributed by atoms with Crippen molar-refractivity contribution in [3.8, 4) is 5.75 Å². The molecule has 2 unspecified atom stereocenters. The molecule has 0 amide bonds. The molecule has 0 aliphatic rings. The molecule has 0 aliphatic carbocycles. The van der Waals surface area contributed by atoms with Crippen molar-refractivity contribution < 1.29 is 4.74 Å². The molecule has 1 aromatic rings. The van der Waals surface area contributed by atoms with Crippen molar-refractivity contribution in [2.24, 2.45) is 5.92 Å². The second-order valence-corrected chi connectivity index (χ2v) is 5.41. The summed E-state index contributed by atoms with van der Waals surface area (Å²) in [7, 11) is 1.71. The van der Waals surface area contributed by atoms with E-state index in [0.29, 0.717) is 6.04 Å². The van der Waals surface area contributed by atoms with E-state index in [-0.39, 0.29) is 0 Å². The van der Waals surface area contributed by atoms with Crippen molar-refractivity contribution >= 4 is 0 Å². The molecule has 1 aromatic carbocycles. The molecule has 2 atom stereocenters. The Balaban J connectivity index is 2.30. The lowest BCUT2D eigenvalue weighted by Crippen LogP contribution is -2.31. The van der Waals surface area contributed by atoms with E-state index in [1.165, 1.54) is 24.8 Å². The van der Waals surface area contributed by atoms with Gasteiger partial charge in [-0.1, -0.05) is 39.3 Å². The lowest BCUT2D eigenvalue weighted by molar-refractivity contribution is 0.387. The number of hydrogen-bond donors (Lipinski definition) is 1. The van der Waals surface area contributed by atoms with Crippen LogP contribution in [0.25, 0.3) is 0 Å². The summed E-state index contributed by atoms with van der Waals surface area (Å²) >= 11 is 0. The van der Waals surface area contributed by atoms with Gasteiger partial charge in [-0.2, -0.15) is 0 Å². The highest BCUT2D eigenvalue weighted by Crippen LogP contribution is 2.13. The smallest absolute Gasteiger partial charge is 0.118 e. The van der Waals surface area contributed by atoms with Crippen LogP contribution < -0.4 is 10.1 Å². The molecular weight excluding hydrogens is 234 g/mol. The zero-order valence-corrected chi connectivity index (χ0v) is 12.9. The Morgan fingerprint density at radius 2 is 1.79 bits per heavy atom. The van der Waals surface area contributed by atoms with E-state index >= 15 is 0 Å². The Hall–Kier alpha value is -1.02. The third-order valence-corrected chi connectivity index (χ3v) is 3.88. The Labute approximate surface area is 118 Å². The van der Waals surface area contributed by atoms with Gasteiger partial charge in [-0.25, -0.2) is 0 Å². The predicted octanol–water partition coefficient (Wildman–Crippen LogP) is 4.04. The lowest BCUT2D eigenvalue weighted by atomic mass is 9.97. The second kappa shape index (κ2) is 8.98. The van der Waals surface area contributed by atoms with Gasteiger partial charge in [-0.3, -0.25) is 0 Å². The fourth-order valence-corrected chi connectivity index (χ4v) is 2.26. The maximum absolute atomic E-state index is 5.17. The Bertz CT molecular complexity index is 334. The van der Waals surface area contributed by atoms with Crippen molar-refractivity contribution in [1.82, 2.24) is 5.32 Å². The minimum atomic E-state index is 0.660. The highest BCUT2D eigenvalue weighted by molar-refractivity contribution is 5.27. The van der Waals surface area contributed by atoms with Crippen molar-refractivity contribution in [3.05, 3.63) is 29.8 Å². The van der Waals surface area contributed by atoms with Crippen LogP contribution in [0.2, 0.25) is 0 Å². The first-order valence-electron chi connectivity index (χ1n) is 7.55. The number of nitrogens with one attached hydrogen (secondary N) is 1. The van der Waals surface area contributed by atoms with Gasteiger partial charge in [0, 0.05) is 6.04 Å². The molecule has 0 heterocycles. The summed E-state index contributed by atoms with van der Waals surface area (Å²) in [6.07, 6.45) is 4.86. The van der Waals surface area contributed by atoms with Crippen LogP contribution in [0.1, 0.15) is 45.6 Å². The van der Waals surface area contributed by atoms with E-state index in [0.717, 1.165) is 24.6 Å². The van der Waals surface area contributed by atoms with Crippen LogP contribution in [0.5, 0.6) is 5.75 Å².